The van der Waals surface area contributed by atoms with E-state index in [1.807, 2.05) is 18.2 Å². The lowest BCUT2D eigenvalue weighted by Crippen LogP contribution is -2.51. The van der Waals surface area contributed by atoms with Crippen molar-refractivity contribution < 1.29 is 14.4 Å². The van der Waals surface area contributed by atoms with Crippen LogP contribution in [0.4, 0.5) is 0 Å². The second-order valence-corrected chi connectivity index (χ2v) is 7.69. The Balaban J connectivity index is 1.62. The molecular formula is C21H28N2O3. The molecule has 2 amide bonds. The van der Waals surface area contributed by atoms with Crippen molar-refractivity contribution in [2.24, 2.45) is 11.8 Å². The van der Waals surface area contributed by atoms with Gasteiger partial charge in [-0.2, -0.15) is 0 Å². The minimum absolute atomic E-state index is 0.0194. The molecule has 140 valence electrons. The van der Waals surface area contributed by atoms with Gasteiger partial charge in [0.05, 0.1) is 12.0 Å². The van der Waals surface area contributed by atoms with Crippen LogP contribution >= 0.6 is 0 Å². The fourth-order valence-electron chi connectivity index (χ4n) is 3.75. The number of Topliss-reactive ketones (excluding diaryl/α,β-unsaturated/α-hetero) is 1. The predicted molar refractivity (Wildman–Crippen MR) is 99.6 cm³/mol. The topological polar surface area (TPSA) is 75.3 Å². The molecule has 1 aromatic carbocycles. The highest BCUT2D eigenvalue weighted by atomic mass is 16.2. The highest BCUT2D eigenvalue weighted by molar-refractivity contribution is 5.95. The normalized spacial score (nSPS) is 23.7. The first-order valence-corrected chi connectivity index (χ1v) is 9.71. The summed E-state index contributed by atoms with van der Waals surface area (Å²) in [6, 6.07) is 8.51. The summed E-state index contributed by atoms with van der Waals surface area (Å²) in [5.41, 5.74) is 0.604. The molecule has 2 N–H and O–H groups in total. The van der Waals surface area contributed by atoms with E-state index in [4.69, 9.17) is 0 Å². The molecule has 2 fully saturated rings. The van der Waals surface area contributed by atoms with Crippen LogP contribution in [0.25, 0.3) is 0 Å². The van der Waals surface area contributed by atoms with E-state index in [2.05, 4.69) is 10.6 Å². The largest absolute Gasteiger partial charge is 0.349 e. The molecule has 0 aliphatic heterocycles. The van der Waals surface area contributed by atoms with Crippen LogP contribution < -0.4 is 10.6 Å². The minimum atomic E-state index is -0.387. The molecule has 2 saturated carbocycles. The average molecular weight is 356 g/mol. The van der Waals surface area contributed by atoms with Crippen LogP contribution in [0.2, 0.25) is 0 Å². The number of nitrogens with one attached hydrogen (secondary N) is 2. The maximum absolute atomic E-state index is 12.8. The summed E-state index contributed by atoms with van der Waals surface area (Å²) in [5, 5.41) is 6.00. The van der Waals surface area contributed by atoms with Crippen LogP contribution in [0.1, 0.15) is 62.2 Å². The summed E-state index contributed by atoms with van der Waals surface area (Å²) in [7, 11) is 0. The van der Waals surface area contributed by atoms with E-state index in [9.17, 15) is 14.4 Å². The Morgan fingerprint density at radius 1 is 1.04 bits per heavy atom. The lowest BCUT2D eigenvalue weighted by Gasteiger charge is -2.32. The molecule has 0 saturated heterocycles. The minimum Gasteiger partial charge on any atom is -0.349 e. The van der Waals surface area contributed by atoms with Gasteiger partial charge in [-0.25, -0.2) is 0 Å². The van der Waals surface area contributed by atoms with Gasteiger partial charge in [0, 0.05) is 11.6 Å². The molecule has 0 heterocycles. The van der Waals surface area contributed by atoms with Crippen molar-refractivity contribution in [1.82, 2.24) is 10.6 Å². The molecule has 26 heavy (non-hydrogen) atoms. The van der Waals surface area contributed by atoms with E-state index < -0.39 is 0 Å². The standard InChI is InChI=1S/C21H28N2O3/c1-14(24)19(13-15-11-12-15)23-21(26)17-9-5-6-10-18(17)22-20(25)16-7-3-2-4-8-16/h2-4,7-8,15,17-19H,5-6,9-13H2,1H3,(H,22,25)(H,23,26)/t17-,18+,19?/m1/s1. The molecule has 1 unspecified atom stereocenters. The molecule has 1 aromatic rings. The second kappa shape index (κ2) is 8.47. The third-order valence-corrected chi connectivity index (χ3v) is 5.53. The summed E-state index contributed by atoms with van der Waals surface area (Å²) < 4.78 is 0. The van der Waals surface area contributed by atoms with Crippen molar-refractivity contribution in [2.75, 3.05) is 0 Å². The quantitative estimate of drug-likeness (QED) is 0.789. The zero-order chi connectivity index (χ0) is 18.5. The predicted octanol–water partition coefficient (Wildman–Crippen LogP) is 2.85. The maximum Gasteiger partial charge on any atom is 0.251 e. The van der Waals surface area contributed by atoms with E-state index in [1.165, 1.54) is 0 Å². The Bertz CT molecular complexity index is 654. The highest BCUT2D eigenvalue weighted by Crippen LogP contribution is 2.34. The summed E-state index contributed by atoms with van der Waals surface area (Å²) in [6.07, 6.45) is 6.57. The van der Waals surface area contributed by atoms with Crippen LogP contribution in [0.3, 0.4) is 0 Å². The summed E-state index contributed by atoms with van der Waals surface area (Å²) >= 11 is 0. The molecule has 5 nitrogen and oxygen atoms in total. The van der Waals surface area contributed by atoms with Gasteiger partial charge in [0.2, 0.25) is 5.91 Å². The number of hydrogen-bond acceptors (Lipinski definition) is 3. The number of amides is 2. The Hall–Kier alpha value is -2.17. The fraction of sp³-hybridized carbons (Fsp3) is 0.571. The van der Waals surface area contributed by atoms with Gasteiger partial charge < -0.3 is 10.6 Å². The lowest BCUT2D eigenvalue weighted by molar-refractivity contribution is -0.131. The van der Waals surface area contributed by atoms with E-state index in [0.29, 0.717) is 11.5 Å². The molecule has 2 aliphatic rings. The number of carbonyl (C=O) groups is 3. The van der Waals surface area contributed by atoms with Crippen LogP contribution in [-0.4, -0.2) is 29.7 Å². The van der Waals surface area contributed by atoms with Gasteiger partial charge in [-0.1, -0.05) is 43.9 Å². The van der Waals surface area contributed by atoms with Crippen molar-refractivity contribution in [3.8, 4) is 0 Å². The summed E-state index contributed by atoms with van der Waals surface area (Å²) in [6.45, 7) is 1.54. The number of carbonyl (C=O) groups excluding carboxylic acids is 3. The molecule has 2 aliphatic carbocycles. The molecule has 3 atom stereocenters. The average Bonchev–Trinajstić information content (AvgIpc) is 3.46. The SMILES string of the molecule is CC(=O)C(CC1CC1)NC(=O)[C@@H]1CCCC[C@@H]1NC(=O)c1ccccc1. The molecule has 0 radical (unpaired) electrons. The Morgan fingerprint density at radius 2 is 1.73 bits per heavy atom. The van der Waals surface area contributed by atoms with Gasteiger partial charge in [-0.15, -0.1) is 0 Å². The maximum atomic E-state index is 12.8. The van der Waals surface area contributed by atoms with Gasteiger partial charge in [0.15, 0.2) is 5.78 Å². The molecule has 0 spiro atoms. The zero-order valence-electron chi connectivity index (χ0n) is 15.4. The van der Waals surface area contributed by atoms with Gasteiger partial charge >= 0.3 is 0 Å². The summed E-state index contributed by atoms with van der Waals surface area (Å²) in [4.78, 5) is 37.2. The van der Waals surface area contributed by atoms with E-state index in [1.54, 1.807) is 19.1 Å². The highest BCUT2D eigenvalue weighted by Gasteiger charge is 2.35. The van der Waals surface area contributed by atoms with Crippen molar-refractivity contribution in [1.29, 1.82) is 0 Å². The first-order valence-electron chi connectivity index (χ1n) is 9.71. The number of hydrogen-bond donors (Lipinski definition) is 2. The molecule has 0 bridgehead atoms. The second-order valence-electron chi connectivity index (χ2n) is 7.69. The first-order chi connectivity index (χ1) is 12.5. The van der Waals surface area contributed by atoms with Crippen molar-refractivity contribution >= 4 is 17.6 Å². The van der Waals surface area contributed by atoms with E-state index >= 15 is 0 Å². The van der Waals surface area contributed by atoms with Crippen molar-refractivity contribution in [2.45, 2.75) is 64.0 Å². The monoisotopic (exact) mass is 356 g/mol. The van der Waals surface area contributed by atoms with Gasteiger partial charge in [-0.3, -0.25) is 14.4 Å². The molecule has 3 rings (SSSR count). The zero-order valence-corrected chi connectivity index (χ0v) is 15.4. The van der Waals surface area contributed by atoms with Crippen molar-refractivity contribution in [3.63, 3.8) is 0 Å². The Morgan fingerprint density at radius 3 is 2.38 bits per heavy atom. The summed E-state index contributed by atoms with van der Waals surface area (Å²) in [5.74, 6) is 0.0906. The smallest absolute Gasteiger partial charge is 0.251 e. The first kappa shape index (κ1) is 18.6. The van der Waals surface area contributed by atoms with E-state index in [0.717, 1.165) is 44.9 Å². The third-order valence-electron chi connectivity index (χ3n) is 5.53. The number of ketones is 1. The lowest BCUT2D eigenvalue weighted by atomic mass is 9.83. The van der Waals surface area contributed by atoms with Gasteiger partial charge in [0.25, 0.3) is 5.91 Å². The van der Waals surface area contributed by atoms with Crippen LogP contribution in [0.5, 0.6) is 0 Å². The van der Waals surface area contributed by atoms with Gasteiger partial charge in [0.1, 0.15) is 0 Å². The Kier molecular flexibility index (Phi) is 6.07. The van der Waals surface area contributed by atoms with E-state index in [-0.39, 0.29) is 35.6 Å². The van der Waals surface area contributed by atoms with Crippen LogP contribution in [-0.2, 0) is 9.59 Å². The number of rotatable bonds is 7. The molecular weight excluding hydrogens is 328 g/mol. The van der Waals surface area contributed by atoms with Gasteiger partial charge in [-0.05, 0) is 44.2 Å². The van der Waals surface area contributed by atoms with Crippen molar-refractivity contribution in [3.05, 3.63) is 35.9 Å². The Labute approximate surface area is 154 Å². The third kappa shape index (κ3) is 4.93. The molecule has 0 aromatic heterocycles. The fourth-order valence-corrected chi connectivity index (χ4v) is 3.75. The molecule has 5 heteroatoms. The van der Waals surface area contributed by atoms with Crippen LogP contribution in [0, 0.1) is 11.8 Å². The number of benzene rings is 1. The van der Waals surface area contributed by atoms with Crippen LogP contribution in [0.15, 0.2) is 30.3 Å².